The maximum absolute atomic E-state index is 12.4. The molecular weight excluding hydrogens is 272 g/mol. The lowest BCUT2D eigenvalue weighted by molar-refractivity contribution is 0.404. The quantitative estimate of drug-likeness (QED) is 0.877. The monoisotopic (exact) mass is 288 g/mol. The summed E-state index contributed by atoms with van der Waals surface area (Å²) in [5.41, 5.74) is -0.301. The van der Waals surface area contributed by atoms with Gasteiger partial charge in [0, 0.05) is 35.9 Å². The van der Waals surface area contributed by atoms with Crippen LogP contribution < -0.4 is 5.56 Å². The van der Waals surface area contributed by atoms with E-state index >= 15 is 0 Å². The average Bonchev–Trinajstić information content (AvgIpc) is 2.28. The van der Waals surface area contributed by atoms with Crippen LogP contribution in [-0.2, 0) is 10.0 Å². The first-order chi connectivity index (χ1) is 8.39. The standard InChI is InChI=1S/C11H16N2O3S2/c1-8-6-13(7-9(2)17-8)18(15,16)10-3-4-11(14)12-5-10/h3-5,8-9H,6-7H2,1-2H3,(H,12,14). The molecule has 2 atom stereocenters. The van der Waals surface area contributed by atoms with E-state index in [9.17, 15) is 13.2 Å². The molecule has 0 aliphatic carbocycles. The number of hydrogen-bond donors (Lipinski definition) is 1. The van der Waals surface area contributed by atoms with E-state index < -0.39 is 10.0 Å². The van der Waals surface area contributed by atoms with Crippen molar-refractivity contribution in [2.45, 2.75) is 29.2 Å². The Kier molecular flexibility index (Phi) is 3.84. The molecule has 0 bridgehead atoms. The SMILES string of the molecule is CC1CN(S(=O)(=O)c2ccc(=O)[nH]c2)CC(C)S1. The molecule has 2 heterocycles. The maximum Gasteiger partial charge on any atom is 0.247 e. The molecule has 1 aromatic heterocycles. The summed E-state index contributed by atoms with van der Waals surface area (Å²) in [6, 6.07) is 2.59. The number of nitrogens with one attached hydrogen (secondary N) is 1. The molecule has 0 aromatic carbocycles. The molecular formula is C11H16N2O3S2. The zero-order valence-electron chi connectivity index (χ0n) is 10.3. The molecule has 1 aromatic rings. The first kappa shape index (κ1) is 13.6. The van der Waals surface area contributed by atoms with Gasteiger partial charge in [0.2, 0.25) is 15.6 Å². The molecule has 0 radical (unpaired) electrons. The third kappa shape index (κ3) is 2.78. The lowest BCUT2D eigenvalue weighted by Crippen LogP contribution is -2.44. The lowest BCUT2D eigenvalue weighted by atomic mass is 10.4. The van der Waals surface area contributed by atoms with E-state index in [4.69, 9.17) is 0 Å². The summed E-state index contributed by atoms with van der Waals surface area (Å²) in [6.45, 7) is 5.07. The molecule has 2 rings (SSSR count). The molecule has 0 amide bonds. The molecule has 0 spiro atoms. The highest BCUT2D eigenvalue weighted by Gasteiger charge is 2.31. The van der Waals surface area contributed by atoms with Crippen molar-refractivity contribution >= 4 is 21.8 Å². The third-order valence-corrected chi connectivity index (χ3v) is 5.83. The van der Waals surface area contributed by atoms with Crippen LogP contribution in [0, 0.1) is 0 Å². The van der Waals surface area contributed by atoms with Crippen molar-refractivity contribution in [3.05, 3.63) is 28.7 Å². The molecule has 1 saturated heterocycles. The summed E-state index contributed by atoms with van der Waals surface area (Å²) >= 11 is 1.79. The fraction of sp³-hybridized carbons (Fsp3) is 0.545. The van der Waals surface area contributed by atoms with Crippen LogP contribution in [0.1, 0.15) is 13.8 Å². The van der Waals surface area contributed by atoms with Crippen molar-refractivity contribution < 1.29 is 8.42 Å². The largest absolute Gasteiger partial charge is 0.328 e. The first-order valence-corrected chi connectivity index (χ1v) is 8.12. The molecule has 1 fully saturated rings. The van der Waals surface area contributed by atoms with E-state index in [0.717, 1.165) is 0 Å². The summed E-state index contributed by atoms with van der Waals surface area (Å²) in [7, 11) is -3.49. The van der Waals surface area contributed by atoms with Gasteiger partial charge >= 0.3 is 0 Å². The number of rotatable bonds is 2. The van der Waals surface area contributed by atoms with Crippen molar-refractivity contribution in [3.8, 4) is 0 Å². The van der Waals surface area contributed by atoms with Crippen molar-refractivity contribution in [1.29, 1.82) is 0 Å². The van der Waals surface area contributed by atoms with Gasteiger partial charge in [0.05, 0.1) is 4.90 Å². The topological polar surface area (TPSA) is 70.2 Å². The third-order valence-electron chi connectivity index (χ3n) is 2.78. The fourth-order valence-corrected chi connectivity index (χ4v) is 5.13. The van der Waals surface area contributed by atoms with E-state index in [0.29, 0.717) is 13.1 Å². The molecule has 5 nitrogen and oxygen atoms in total. The number of pyridine rings is 1. The van der Waals surface area contributed by atoms with E-state index in [-0.39, 0.29) is 21.0 Å². The summed E-state index contributed by atoms with van der Waals surface area (Å²) in [6.07, 6.45) is 1.26. The summed E-state index contributed by atoms with van der Waals surface area (Å²) in [5.74, 6) is 0. The highest BCUT2D eigenvalue weighted by atomic mass is 32.2. The Bertz CT molecular complexity index is 552. The second kappa shape index (κ2) is 5.07. The number of sulfonamides is 1. The average molecular weight is 288 g/mol. The summed E-state index contributed by atoms with van der Waals surface area (Å²) in [5, 5.41) is 0.567. The Morgan fingerprint density at radius 1 is 1.28 bits per heavy atom. The highest BCUT2D eigenvalue weighted by Crippen LogP contribution is 2.28. The molecule has 1 N–H and O–H groups in total. The second-order valence-corrected chi connectivity index (χ2v) is 8.29. The van der Waals surface area contributed by atoms with Gasteiger partial charge in [-0.05, 0) is 6.07 Å². The van der Waals surface area contributed by atoms with Gasteiger partial charge in [-0.25, -0.2) is 8.42 Å². The predicted molar refractivity (Wildman–Crippen MR) is 72.3 cm³/mol. The van der Waals surface area contributed by atoms with E-state index in [1.165, 1.54) is 22.6 Å². The van der Waals surface area contributed by atoms with Crippen molar-refractivity contribution in [1.82, 2.24) is 9.29 Å². The van der Waals surface area contributed by atoms with E-state index in [1.54, 1.807) is 11.8 Å². The van der Waals surface area contributed by atoms with Crippen LogP contribution in [0.2, 0.25) is 0 Å². The number of aromatic amines is 1. The minimum Gasteiger partial charge on any atom is -0.328 e. The van der Waals surface area contributed by atoms with Crippen LogP contribution in [0.25, 0.3) is 0 Å². The zero-order chi connectivity index (χ0) is 13.3. The lowest BCUT2D eigenvalue weighted by Gasteiger charge is -2.33. The molecule has 7 heteroatoms. The van der Waals surface area contributed by atoms with Crippen LogP contribution in [0.5, 0.6) is 0 Å². The van der Waals surface area contributed by atoms with Crippen molar-refractivity contribution in [2.24, 2.45) is 0 Å². The van der Waals surface area contributed by atoms with Gasteiger partial charge in [-0.3, -0.25) is 4.79 Å². The zero-order valence-corrected chi connectivity index (χ0v) is 11.9. The van der Waals surface area contributed by atoms with Crippen molar-refractivity contribution in [2.75, 3.05) is 13.1 Å². The molecule has 2 unspecified atom stereocenters. The molecule has 1 aliphatic rings. The second-order valence-electron chi connectivity index (χ2n) is 4.47. The summed E-state index contributed by atoms with van der Waals surface area (Å²) in [4.78, 5) is 13.5. The number of nitrogens with zero attached hydrogens (tertiary/aromatic N) is 1. The first-order valence-electron chi connectivity index (χ1n) is 5.74. The Labute approximate surface area is 111 Å². The number of hydrogen-bond acceptors (Lipinski definition) is 4. The summed E-state index contributed by atoms with van der Waals surface area (Å²) < 4.78 is 26.3. The normalized spacial score (nSPS) is 26.1. The van der Waals surface area contributed by atoms with Gasteiger partial charge in [0.15, 0.2) is 0 Å². The molecule has 0 saturated carbocycles. The minimum atomic E-state index is -3.49. The maximum atomic E-state index is 12.4. The van der Waals surface area contributed by atoms with Gasteiger partial charge in [-0.1, -0.05) is 13.8 Å². The Hall–Kier alpha value is -0.790. The Balaban J connectivity index is 2.30. The van der Waals surface area contributed by atoms with Crippen LogP contribution in [-0.4, -0.2) is 41.3 Å². The van der Waals surface area contributed by atoms with Gasteiger partial charge in [-0.2, -0.15) is 16.1 Å². The van der Waals surface area contributed by atoms with E-state index in [1.807, 2.05) is 13.8 Å². The van der Waals surface area contributed by atoms with Gasteiger partial charge in [0.1, 0.15) is 0 Å². The van der Waals surface area contributed by atoms with E-state index in [2.05, 4.69) is 4.98 Å². The van der Waals surface area contributed by atoms with Crippen LogP contribution in [0.3, 0.4) is 0 Å². The predicted octanol–water partition coefficient (Wildman–Crippen LogP) is 0.889. The van der Waals surface area contributed by atoms with Gasteiger partial charge < -0.3 is 4.98 Å². The van der Waals surface area contributed by atoms with Crippen molar-refractivity contribution in [3.63, 3.8) is 0 Å². The molecule has 1 aliphatic heterocycles. The fourth-order valence-electron chi connectivity index (χ4n) is 2.03. The smallest absolute Gasteiger partial charge is 0.247 e. The van der Waals surface area contributed by atoms with Gasteiger partial charge in [0.25, 0.3) is 0 Å². The van der Waals surface area contributed by atoms with Gasteiger partial charge in [-0.15, -0.1) is 0 Å². The molecule has 18 heavy (non-hydrogen) atoms. The van der Waals surface area contributed by atoms with Crippen LogP contribution in [0.4, 0.5) is 0 Å². The number of thioether (sulfide) groups is 1. The number of H-pyrrole nitrogens is 1. The van der Waals surface area contributed by atoms with Crippen LogP contribution >= 0.6 is 11.8 Å². The van der Waals surface area contributed by atoms with Crippen LogP contribution in [0.15, 0.2) is 28.0 Å². The minimum absolute atomic E-state index is 0.147. The highest BCUT2D eigenvalue weighted by molar-refractivity contribution is 8.00. The molecule has 100 valence electrons. The Morgan fingerprint density at radius 2 is 1.89 bits per heavy atom. The Morgan fingerprint density at radius 3 is 2.39 bits per heavy atom. The number of aromatic nitrogens is 1.